The van der Waals surface area contributed by atoms with Crippen molar-refractivity contribution in [3.8, 4) is 0 Å². The largest absolute Gasteiger partial charge is 0.300 e. The Hall–Kier alpha value is -0.730. The van der Waals surface area contributed by atoms with Gasteiger partial charge in [0.05, 0.1) is 0 Å². The Kier molecular flexibility index (Phi) is 3.63. The van der Waals surface area contributed by atoms with E-state index in [0.717, 1.165) is 0 Å². The second kappa shape index (κ2) is 4.42. The predicted octanol–water partition coefficient (Wildman–Crippen LogP) is 1.06. The SMILES string of the molecule is CC(C)C(=O)Nc1nnc(S(=O)(=O)Cl)s1. The number of aromatic nitrogens is 2. The molecule has 0 aliphatic carbocycles. The van der Waals surface area contributed by atoms with Crippen molar-refractivity contribution in [3.63, 3.8) is 0 Å². The van der Waals surface area contributed by atoms with E-state index in [2.05, 4.69) is 15.5 Å². The first-order chi connectivity index (χ1) is 6.80. The lowest BCUT2D eigenvalue weighted by atomic mass is 10.2. The van der Waals surface area contributed by atoms with E-state index in [1.165, 1.54) is 0 Å². The van der Waals surface area contributed by atoms with Crippen molar-refractivity contribution in [1.29, 1.82) is 0 Å². The van der Waals surface area contributed by atoms with Crippen LogP contribution in [0.25, 0.3) is 0 Å². The van der Waals surface area contributed by atoms with Crippen LogP contribution in [0, 0.1) is 5.92 Å². The molecule has 1 N–H and O–H groups in total. The van der Waals surface area contributed by atoms with Crippen LogP contribution >= 0.6 is 22.0 Å². The van der Waals surface area contributed by atoms with Gasteiger partial charge >= 0.3 is 0 Å². The Labute approximate surface area is 95.1 Å². The molecule has 1 aromatic rings. The first-order valence-electron chi connectivity index (χ1n) is 3.89. The first-order valence-corrected chi connectivity index (χ1v) is 7.02. The molecule has 84 valence electrons. The monoisotopic (exact) mass is 269 g/mol. The maximum atomic E-state index is 11.2. The molecule has 0 saturated heterocycles. The van der Waals surface area contributed by atoms with Crippen molar-refractivity contribution in [3.05, 3.63) is 0 Å². The molecule has 0 aromatic carbocycles. The van der Waals surface area contributed by atoms with E-state index in [-0.39, 0.29) is 21.3 Å². The van der Waals surface area contributed by atoms with Crippen LogP contribution in [-0.2, 0) is 13.8 Å². The number of amides is 1. The highest BCUT2D eigenvalue weighted by atomic mass is 35.7. The third-order valence-corrected chi connectivity index (χ3v) is 4.12. The minimum Gasteiger partial charge on any atom is -0.300 e. The Morgan fingerprint density at radius 1 is 1.47 bits per heavy atom. The van der Waals surface area contributed by atoms with Crippen LogP contribution in [0.5, 0.6) is 0 Å². The molecule has 15 heavy (non-hydrogen) atoms. The fourth-order valence-electron chi connectivity index (χ4n) is 0.609. The van der Waals surface area contributed by atoms with Crippen LogP contribution in [0.15, 0.2) is 4.34 Å². The number of carbonyl (C=O) groups is 1. The molecule has 0 radical (unpaired) electrons. The van der Waals surface area contributed by atoms with Gasteiger partial charge in [0.25, 0.3) is 9.05 Å². The highest BCUT2D eigenvalue weighted by Gasteiger charge is 2.18. The quantitative estimate of drug-likeness (QED) is 0.655. The molecule has 9 heteroatoms. The molecule has 0 aliphatic heterocycles. The zero-order valence-electron chi connectivity index (χ0n) is 7.89. The molecule has 0 unspecified atom stereocenters. The van der Waals surface area contributed by atoms with Gasteiger partial charge in [0.15, 0.2) is 0 Å². The van der Waals surface area contributed by atoms with Gasteiger partial charge in [-0.25, -0.2) is 8.42 Å². The van der Waals surface area contributed by atoms with Gasteiger partial charge in [-0.2, -0.15) is 0 Å². The Morgan fingerprint density at radius 2 is 2.07 bits per heavy atom. The topological polar surface area (TPSA) is 89.0 Å². The van der Waals surface area contributed by atoms with Crippen molar-refractivity contribution in [2.24, 2.45) is 5.92 Å². The zero-order valence-corrected chi connectivity index (χ0v) is 10.3. The highest BCUT2D eigenvalue weighted by Crippen LogP contribution is 2.23. The molecule has 0 saturated carbocycles. The number of carbonyl (C=O) groups excluding carboxylic acids is 1. The minimum absolute atomic E-state index is 0.118. The maximum Gasteiger partial charge on any atom is 0.290 e. The van der Waals surface area contributed by atoms with Gasteiger partial charge in [0, 0.05) is 16.6 Å². The highest BCUT2D eigenvalue weighted by molar-refractivity contribution is 8.15. The predicted molar refractivity (Wildman–Crippen MR) is 56.4 cm³/mol. The molecule has 0 spiro atoms. The third kappa shape index (κ3) is 3.40. The summed E-state index contributed by atoms with van der Waals surface area (Å²) in [4.78, 5) is 11.2. The number of hydrogen-bond donors (Lipinski definition) is 1. The van der Waals surface area contributed by atoms with Gasteiger partial charge in [0.2, 0.25) is 15.4 Å². The number of hydrogen-bond acceptors (Lipinski definition) is 6. The van der Waals surface area contributed by atoms with Crippen LogP contribution in [0.1, 0.15) is 13.8 Å². The summed E-state index contributed by atoms with van der Waals surface area (Å²) in [5.74, 6) is -0.477. The van der Waals surface area contributed by atoms with E-state index in [0.29, 0.717) is 11.3 Å². The van der Waals surface area contributed by atoms with Crippen molar-refractivity contribution in [2.75, 3.05) is 5.32 Å². The standard InChI is InChI=1S/C6H8ClN3O3S2/c1-3(2)4(11)8-5-9-10-6(14-5)15(7,12)13/h3H,1-2H3,(H,8,9,11). The average Bonchev–Trinajstić information content (AvgIpc) is 2.51. The van der Waals surface area contributed by atoms with Crippen molar-refractivity contribution < 1.29 is 13.2 Å². The molecule has 0 fully saturated rings. The summed E-state index contributed by atoms with van der Waals surface area (Å²) < 4.78 is 21.3. The molecule has 1 heterocycles. The Bertz CT molecular complexity index is 468. The van der Waals surface area contributed by atoms with Gasteiger partial charge in [-0.1, -0.05) is 25.2 Å². The summed E-state index contributed by atoms with van der Waals surface area (Å²) >= 11 is 0.711. The fraction of sp³-hybridized carbons (Fsp3) is 0.500. The summed E-state index contributed by atoms with van der Waals surface area (Å²) in [6.45, 7) is 3.41. The lowest BCUT2D eigenvalue weighted by Crippen LogP contribution is -2.17. The van der Waals surface area contributed by atoms with Gasteiger partial charge in [-0.05, 0) is 0 Å². The number of halogens is 1. The van der Waals surface area contributed by atoms with E-state index in [9.17, 15) is 13.2 Å². The smallest absolute Gasteiger partial charge is 0.290 e. The van der Waals surface area contributed by atoms with Crippen LogP contribution in [0.3, 0.4) is 0 Å². The van der Waals surface area contributed by atoms with Crippen molar-refractivity contribution >= 4 is 42.1 Å². The molecular formula is C6H8ClN3O3S2. The van der Waals surface area contributed by atoms with Crippen LogP contribution in [0.2, 0.25) is 0 Å². The Morgan fingerprint density at radius 3 is 2.47 bits per heavy atom. The van der Waals surface area contributed by atoms with Gasteiger partial charge in [-0.15, -0.1) is 10.2 Å². The first kappa shape index (κ1) is 12.3. The number of anilines is 1. The van der Waals surface area contributed by atoms with Gasteiger partial charge in [-0.3, -0.25) is 4.79 Å². The molecule has 6 nitrogen and oxygen atoms in total. The zero-order chi connectivity index (χ0) is 11.6. The lowest BCUT2D eigenvalue weighted by molar-refractivity contribution is -0.118. The molecule has 0 bridgehead atoms. The molecule has 1 rings (SSSR count). The molecule has 0 atom stereocenters. The summed E-state index contributed by atoms with van der Waals surface area (Å²) in [6, 6.07) is 0. The van der Waals surface area contributed by atoms with Crippen molar-refractivity contribution in [1.82, 2.24) is 10.2 Å². The molecular weight excluding hydrogens is 262 g/mol. The lowest BCUT2D eigenvalue weighted by Gasteiger charge is -2.02. The van der Waals surface area contributed by atoms with Gasteiger partial charge in [0.1, 0.15) is 0 Å². The molecule has 0 aliphatic rings. The van der Waals surface area contributed by atoms with Crippen LogP contribution in [-0.4, -0.2) is 24.5 Å². The van der Waals surface area contributed by atoms with E-state index >= 15 is 0 Å². The minimum atomic E-state index is -3.87. The second-order valence-electron chi connectivity index (χ2n) is 2.95. The number of nitrogens with one attached hydrogen (secondary N) is 1. The molecule has 1 aromatic heterocycles. The van der Waals surface area contributed by atoms with E-state index in [1.54, 1.807) is 13.8 Å². The average molecular weight is 270 g/mol. The normalized spacial score (nSPS) is 11.7. The maximum absolute atomic E-state index is 11.2. The third-order valence-electron chi connectivity index (χ3n) is 1.37. The van der Waals surface area contributed by atoms with Crippen LogP contribution in [0.4, 0.5) is 5.13 Å². The number of rotatable bonds is 3. The summed E-state index contributed by atoms with van der Waals surface area (Å²) in [5.41, 5.74) is 0. The summed E-state index contributed by atoms with van der Waals surface area (Å²) in [5, 5.41) is 9.35. The van der Waals surface area contributed by atoms with E-state index in [4.69, 9.17) is 10.7 Å². The fourth-order valence-corrected chi connectivity index (χ4v) is 2.24. The second-order valence-corrected chi connectivity index (χ2v) is 6.67. The van der Waals surface area contributed by atoms with Crippen molar-refractivity contribution in [2.45, 2.75) is 18.2 Å². The number of nitrogens with zero attached hydrogens (tertiary/aromatic N) is 2. The van der Waals surface area contributed by atoms with Gasteiger partial charge < -0.3 is 5.32 Å². The van der Waals surface area contributed by atoms with Crippen LogP contribution < -0.4 is 5.32 Å². The summed E-state index contributed by atoms with van der Waals surface area (Å²) in [6.07, 6.45) is 0. The van der Waals surface area contributed by atoms with E-state index in [1.807, 2.05) is 0 Å². The summed E-state index contributed by atoms with van der Waals surface area (Å²) in [7, 11) is 1.17. The van der Waals surface area contributed by atoms with E-state index < -0.39 is 9.05 Å². The Balaban J connectivity index is 2.83. The molecule has 1 amide bonds.